The van der Waals surface area contributed by atoms with Crippen LogP contribution in [0, 0.1) is 0 Å². The van der Waals surface area contributed by atoms with Gasteiger partial charge in [-0.1, -0.05) is 0 Å². The molecule has 0 spiro atoms. The van der Waals surface area contributed by atoms with Crippen molar-refractivity contribution in [3.63, 3.8) is 0 Å². The summed E-state index contributed by atoms with van der Waals surface area (Å²) in [6.07, 6.45) is 2.26. The van der Waals surface area contributed by atoms with Crippen molar-refractivity contribution in [2.24, 2.45) is 0 Å². The first-order valence-electron chi connectivity index (χ1n) is 9.73. The molecule has 2 saturated heterocycles. The number of likely N-dealkylation sites (tertiary alicyclic amines) is 1. The third-order valence-electron chi connectivity index (χ3n) is 5.22. The number of ether oxygens (including phenoxy) is 1. The highest BCUT2D eigenvalue weighted by molar-refractivity contribution is 7.89. The maximum absolute atomic E-state index is 12.8. The van der Waals surface area contributed by atoms with Crippen molar-refractivity contribution in [2.75, 3.05) is 39.3 Å². The van der Waals surface area contributed by atoms with Gasteiger partial charge in [0.15, 0.2) is 0 Å². The Morgan fingerprint density at radius 3 is 2.33 bits per heavy atom. The van der Waals surface area contributed by atoms with Crippen molar-refractivity contribution >= 4 is 15.9 Å². The smallest absolute Gasteiger partial charge is 0.251 e. The number of hydrogen-bond donors (Lipinski definition) is 2. The molecule has 1 aromatic rings. The molecule has 2 fully saturated rings. The summed E-state index contributed by atoms with van der Waals surface area (Å²) < 4.78 is 32.8. The minimum absolute atomic E-state index is 0.133. The number of quaternary nitrogens is 1. The molecule has 27 heavy (non-hydrogen) atoms. The van der Waals surface area contributed by atoms with E-state index >= 15 is 0 Å². The number of rotatable bonds is 6. The fourth-order valence-electron chi connectivity index (χ4n) is 3.83. The normalized spacial score (nSPS) is 24.8. The number of carbonyl (C=O) groups excluding carboxylic acids is 1. The van der Waals surface area contributed by atoms with Gasteiger partial charge in [-0.2, -0.15) is 4.31 Å². The van der Waals surface area contributed by atoms with Gasteiger partial charge >= 0.3 is 0 Å². The van der Waals surface area contributed by atoms with E-state index in [9.17, 15) is 13.2 Å². The van der Waals surface area contributed by atoms with Gasteiger partial charge in [-0.05, 0) is 38.1 Å². The Bertz CT molecular complexity index is 735. The summed E-state index contributed by atoms with van der Waals surface area (Å²) in [5.41, 5.74) is 0.481. The third-order valence-corrected chi connectivity index (χ3v) is 7.06. The molecule has 2 aliphatic rings. The van der Waals surface area contributed by atoms with Crippen LogP contribution in [0.4, 0.5) is 0 Å². The lowest BCUT2D eigenvalue weighted by molar-refractivity contribution is -0.886. The molecular weight excluding hydrogens is 366 g/mol. The molecule has 2 heterocycles. The van der Waals surface area contributed by atoms with Gasteiger partial charge in [0.05, 0.1) is 43.3 Å². The van der Waals surface area contributed by atoms with Gasteiger partial charge in [0.1, 0.15) is 0 Å². The zero-order chi connectivity index (χ0) is 19.4. The van der Waals surface area contributed by atoms with E-state index in [0.29, 0.717) is 25.2 Å². The van der Waals surface area contributed by atoms with Crippen molar-refractivity contribution in [3.05, 3.63) is 29.8 Å². The van der Waals surface area contributed by atoms with Crippen LogP contribution in [-0.2, 0) is 14.8 Å². The molecule has 2 aliphatic heterocycles. The molecule has 2 N–H and O–H groups in total. The Hall–Kier alpha value is -1.48. The summed E-state index contributed by atoms with van der Waals surface area (Å²) >= 11 is 0. The van der Waals surface area contributed by atoms with Crippen molar-refractivity contribution in [2.45, 2.75) is 43.8 Å². The lowest BCUT2D eigenvalue weighted by Crippen LogP contribution is -3.10. The molecule has 150 valence electrons. The average Bonchev–Trinajstić information content (AvgIpc) is 3.14. The molecule has 0 aromatic heterocycles. The van der Waals surface area contributed by atoms with Crippen LogP contribution in [0.15, 0.2) is 29.2 Å². The Morgan fingerprint density at radius 2 is 1.74 bits per heavy atom. The average molecular weight is 397 g/mol. The highest BCUT2D eigenvalue weighted by Gasteiger charge is 2.32. The van der Waals surface area contributed by atoms with E-state index in [2.05, 4.69) is 5.32 Å². The summed E-state index contributed by atoms with van der Waals surface area (Å²) in [4.78, 5) is 14.0. The van der Waals surface area contributed by atoms with Crippen LogP contribution in [0.1, 0.15) is 37.0 Å². The van der Waals surface area contributed by atoms with Gasteiger partial charge in [0, 0.05) is 31.5 Å². The molecule has 1 aromatic carbocycles. The number of benzene rings is 1. The molecule has 3 rings (SSSR count). The molecular formula is C19H30N3O4S+. The standard InChI is InChI=1S/C19H29N3O4S/c1-15-13-22(14-16(2)26-15)27(24,25)18-7-5-17(6-8-18)19(23)20-9-12-21-10-3-4-11-21/h5-8,15-16H,3-4,9-14H2,1-2H3,(H,20,23)/p+1/t15-,16-/m0/s1. The van der Waals surface area contributed by atoms with Crippen molar-refractivity contribution in [1.82, 2.24) is 9.62 Å². The van der Waals surface area contributed by atoms with Crippen molar-refractivity contribution < 1.29 is 22.8 Å². The topological polar surface area (TPSA) is 80.2 Å². The van der Waals surface area contributed by atoms with E-state index in [0.717, 1.165) is 6.54 Å². The highest BCUT2D eigenvalue weighted by atomic mass is 32.2. The number of carbonyl (C=O) groups is 1. The quantitative estimate of drug-likeness (QED) is 0.703. The first kappa shape index (κ1) is 20.3. The fraction of sp³-hybridized carbons (Fsp3) is 0.632. The van der Waals surface area contributed by atoms with E-state index in [1.807, 2.05) is 13.8 Å². The van der Waals surface area contributed by atoms with Crippen LogP contribution < -0.4 is 10.2 Å². The van der Waals surface area contributed by atoms with Gasteiger partial charge in [0.25, 0.3) is 5.91 Å². The molecule has 0 bridgehead atoms. The fourth-order valence-corrected chi connectivity index (χ4v) is 5.42. The van der Waals surface area contributed by atoms with E-state index in [1.54, 1.807) is 12.1 Å². The Kier molecular flexibility index (Phi) is 6.52. The number of morpholine rings is 1. The van der Waals surface area contributed by atoms with E-state index < -0.39 is 10.0 Å². The highest BCUT2D eigenvalue weighted by Crippen LogP contribution is 2.21. The van der Waals surface area contributed by atoms with E-state index in [-0.39, 0.29) is 23.0 Å². The number of nitrogens with one attached hydrogen (secondary N) is 2. The Labute approximate surface area is 161 Å². The minimum Gasteiger partial charge on any atom is -0.373 e. The molecule has 0 saturated carbocycles. The molecule has 0 aliphatic carbocycles. The number of sulfonamides is 1. The van der Waals surface area contributed by atoms with Gasteiger partial charge in [-0.3, -0.25) is 4.79 Å². The number of nitrogens with zero attached hydrogens (tertiary/aromatic N) is 1. The predicted octanol–water partition coefficient (Wildman–Crippen LogP) is -0.107. The second kappa shape index (κ2) is 8.68. The SMILES string of the molecule is C[C@H]1CN(S(=O)(=O)c2ccc(C(=O)NCC[NH+]3CCCC3)cc2)C[C@H](C)O1. The molecule has 7 nitrogen and oxygen atoms in total. The summed E-state index contributed by atoms with van der Waals surface area (Å²) in [6, 6.07) is 6.19. The lowest BCUT2D eigenvalue weighted by Gasteiger charge is -2.34. The van der Waals surface area contributed by atoms with Crippen molar-refractivity contribution in [3.8, 4) is 0 Å². The summed E-state index contributed by atoms with van der Waals surface area (Å²) in [6.45, 7) is 8.36. The van der Waals surface area contributed by atoms with Crippen LogP contribution in [0.5, 0.6) is 0 Å². The monoisotopic (exact) mass is 396 g/mol. The largest absolute Gasteiger partial charge is 0.373 e. The molecule has 0 unspecified atom stereocenters. The van der Waals surface area contributed by atoms with Gasteiger partial charge in [-0.25, -0.2) is 8.42 Å². The second-order valence-electron chi connectivity index (χ2n) is 7.57. The van der Waals surface area contributed by atoms with Gasteiger partial charge in [0.2, 0.25) is 10.0 Å². The van der Waals surface area contributed by atoms with Crippen LogP contribution in [-0.4, -0.2) is 70.1 Å². The van der Waals surface area contributed by atoms with Crippen LogP contribution in [0.25, 0.3) is 0 Å². The van der Waals surface area contributed by atoms with Crippen LogP contribution in [0.3, 0.4) is 0 Å². The maximum Gasteiger partial charge on any atom is 0.251 e. The van der Waals surface area contributed by atoms with E-state index in [4.69, 9.17) is 4.74 Å². The summed E-state index contributed by atoms with van der Waals surface area (Å²) in [5, 5.41) is 2.92. The molecule has 2 atom stereocenters. The zero-order valence-electron chi connectivity index (χ0n) is 16.1. The summed E-state index contributed by atoms with van der Waals surface area (Å²) in [5.74, 6) is -0.161. The molecule has 1 amide bonds. The lowest BCUT2D eigenvalue weighted by atomic mass is 10.2. The molecule has 8 heteroatoms. The van der Waals surface area contributed by atoms with Crippen molar-refractivity contribution in [1.29, 1.82) is 0 Å². The van der Waals surface area contributed by atoms with E-state index in [1.165, 1.54) is 47.3 Å². The van der Waals surface area contributed by atoms with Gasteiger partial charge in [-0.15, -0.1) is 0 Å². The zero-order valence-corrected chi connectivity index (χ0v) is 16.9. The first-order valence-corrected chi connectivity index (χ1v) is 11.2. The van der Waals surface area contributed by atoms with Crippen LogP contribution >= 0.6 is 0 Å². The minimum atomic E-state index is -3.58. The third kappa shape index (κ3) is 5.07. The second-order valence-corrected chi connectivity index (χ2v) is 9.50. The maximum atomic E-state index is 12.8. The summed E-state index contributed by atoms with van der Waals surface area (Å²) in [7, 11) is -3.58. The Morgan fingerprint density at radius 1 is 1.15 bits per heavy atom. The Balaban J connectivity index is 1.59. The number of hydrogen-bond acceptors (Lipinski definition) is 4. The first-order chi connectivity index (χ1) is 12.9. The predicted molar refractivity (Wildman–Crippen MR) is 102 cm³/mol. The van der Waals surface area contributed by atoms with Gasteiger partial charge < -0.3 is 15.0 Å². The number of amides is 1. The molecule has 0 radical (unpaired) electrons. The van der Waals surface area contributed by atoms with Crippen LogP contribution in [0.2, 0.25) is 0 Å².